The number of pyridine rings is 1. The lowest BCUT2D eigenvalue weighted by molar-refractivity contribution is 0.647. The Morgan fingerprint density at radius 1 is 1.40 bits per heavy atom. The van der Waals surface area contributed by atoms with Gasteiger partial charge >= 0.3 is 0 Å². The van der Waals surface area contributed by atoms with E-state index in [2.05, 4.69) is 30.2 Å². The van der Waals surface area contributed by atoms with Gasteiger partial charge in [-0.3, -0.25) is 0 Å². The van der Waals surface area contributed by atoms with Gasteiger partial charge < -0.3 is 11.1 Å². The maximum absolute atomic E-state index is 5.75. The van der Waals surface area contributed by atoms with Gasteiger partial charge in [0.25, 0.3) is 0 Å². The van der Waals surface area contributed by atoms with Crippen LogP contribution in [-0.4, -0.2) is 12.0 Å². The molecule has 3 nitrogen and oxygen atoms in total. The van der Waals surface area contributed by atoms with Crippen molar-refractivity contribution in [2.45, 2.75) is 34.1 Å². The van der Waals surface area contributed by atoms with Crippen molar-refractivity contribution in [2.24, 2.45) is 5.92 Å². The fourth-order valence-electron chi connectivity index (χ4n) is 1.26. The molecule has 3 N–H and O–H groups in total. The smallest absolute Gasteiger partial charge is 0.126 e. The van der Waals surface area contributed by atoms with E-state index in [-0.39, 0.29) is 0 Å². The Morgan fingerprint density at radius 2 is 2.00 bits per heavy atom. The van der Waals surface area contributed by atoms with Crippen molar-refractivity contribution < 1.29 is 0 Å². The number of nitrogens with one attached hydrogen (secondary N) is 1. The molecule has 0 aliphatic carbocycles. The molecule has 86 valence electrons. The Morgan fingerprint density at radius 3 is 2.47 bits per heavy atom. The van der Waals surface area contributed by atoms with E-state index in [0.29, 0.717) is 11.7 Å². The van der Waals surface area contributed by atoms with Gasteiger partial charge in [-0.15, -0.1) is 0 Å². The number of nitrogens with two attached hydrogens (primary N) is 1. The normalized spacial score (nSPS) is 9.47. The summed E-state index contributed by atoms with van der Waals surface area (Å²) in [4.78, 5) is 4.12. The summed E-state index contributed by atoms with van der Waals surface area (Å²) in [6.07, 6.45) is 2.73. The Labute approximate surface area is 93.1 Å². The maximum Gasteiger partial charge on any atom is 0.126 e. The Hall–Kier alpha value is -1.25. The Kier molecular flexibility index (Phi) is 6.50. The van der Waals surface area contributed by atoms with Gasteiger partial charge in [-0.05, 0) is 24.0 Å². The number of nitrogen functional groups attached to an aromatic ring is 1. The molecule has 1 rings (SSSR count). The van der Waals surface area contributed by atoms with Crippen LogP contribution in [0.4, 0.5) is 11.5 Å². The third-order valence-electron chi connectivity index (χ3n) is 1.92. The highest BCUT2D eigenvalue weighted by molar-refractivity contribution is 5.51. The van der Waals surface area contributed by atoms with Gasteiger partial charge in [0, 0.05) is 7.05 Å². The Bertz CT molecular complexity index is 282. The van der Waals surface area contributed by atoms with Crippen molar-refractivity contribution in [3.63, 3.8) is 0 Å². The summed E-state index contributed by atoms with van der Waals surface area (Å²) in [5, 5.41) is 3.05. The lowest BCUT2D eigenvalue weighted by Crippen LogP contribution is -2.03. The van der Waals surface area contributed by atoms with Crippen LogP contribution in [0, 0.1) is 5.92 Å². The van der Waals surface area contributed by atoms with Crippen LogP contribution in [0.25, 0.3) is 0 Å². The van der Waals surface area contributed by atoms with Gasteiger partial charge in [0.05, 0.1) is 11.9 Å². The monoisotopic (exact) mass is 209 g/mol. The first-order chi connectivity index (χ1) is 7.13. The zero-order valence-corrected chi connectivity index (χ0v) is 10.5. The quantitative estimate of drug-likeness (QED) is 0.804. The first-order valence-corrected chi connectivity index (χ1v) is 5.55. The van der Waals surface area contributed by atoms with Crippen LogP contribution in [0.1, 0.15) is 33.3 Å². The molecule has 0 aliphatic rings. The third-order valence-corrected chi connectivity index (χ3v) is 1.92. The lowest BCUT2D eigenvalue weighted by Gasteiger charge is -2.09. The predicted octanol–water partition coefficient (Wildman–Crippen LogP) is 2.93. The summed E-state index contributed by atoms with van der Waals surface area (Å²) in [5.41, 5.74) is 7.90. The molecule has 0 unspecified atom stereocenters. The van der Waals surface area contributed by atoms with Gasteiger partial charge in [0.1, 0.15) is 5.82 Å². The minimum Gasteiger partial charge on any atom is -0.387 e. The molecule has 0 radical (unpaired) electrons. The molecule has 0 aromatic carbocycles. The standard InChI is InChI=1S/C10H17N3.C2H6/c1-7(2)4-8-5-9(12-3)6-13-10(8)11;1-2/h5-7,12H,4H2,1-3H3,(H2,11,13);1-2H3. The van der Waals surface area contributed by atoms with E-state index in [1.165, 1.54) is 0 Å². The zero-order chi connectivity index (χ0) is 11.8. The molecular formula is C12H23N3. The molecular weight excluding hydrogens is 186 g/mol. The molecule has 15 heavy (non-hydrogen) atoms. The number of hydrogen-bond acceptors (Lipinski definition) is 3. The lowest BCUT2D eigenvalue weighted by atomic mass is 10.0. The summed E-state index contributed by atoms with van der Waals surface area (Å²) < 4.78 is 0. The van der Waals surface area contributed by atoms with Gasteiger partial charge in [-0.1, -0.05) is 27.7 Å². The van der Waals surface area contributed by atoms with Gasteiger partial charge in [0.2, 0.25) is 0 Å². The number of hydrogen-bond donors (Lipinski definition) is 2. The van der Waals surface area contributed by atoms with Crippen molar-refractivity contribution in [2.75, 3.05) is 18.1 Å². The van der Waals surface area contributed by atoms with Crippen LogP contribution in [0.3, 0.4) is 0 Å². The van der Waals surface area contributed by atoms with Gasteiger partial charge in [0.15, 0.2) is 0 Å². The topological polar surface area (TPSA) is 50.9 Å². The average Bonchev–Trinajstić information content (AvgIpc) is 2.23. The molecule has 0 amide bonds. The van der Waals surface area contributed by atoms with Crippen molar-refractivity contribution >= 4 is 11.5 Å². The fraction of sp³-hybridized carbons (Fsp3) is 0.583. The highest BCUT2D eigenvalue weighted by atomic mass is 14.9. The zero-order valence-electron chi connectivity index (χ0n) is 10.5. The molecule has 0 spiro atoms. The summed E-state index contributed by atoms with van der Waals surface area (Å²) >= 11 is 0. The molecule has 0 atom stereocenters. The maximum atomic E-state index is 5.75. The second kappa shape index (κ2) is 7.10. The molecule has 0 aliphatic heterocycles. The van der Waals surface area contributed by atoms with Crippen molar-refractivity contribution in [3.8, 4) is 0 Å². The molecule has 0 saturated carbocycles. The summed E-state index contributed by atoms with van der Waals surface area (Å²) in [5.74, 6) is 1.25. The minimum absolute atomic E-state index is 0.608. The second-order valence-electron chi connectivity index (χ2n) is 3.62. The largest absolute Gasteiger partial charge is 0.387 e. The Balaban J connectivity index is 0.000000921. The first-order valence-electron chi connectivity index (χ1n) is 5.55. The molecule has 3 heteroatoms. The summed E-state index contributed by atoms with van der Waals surface area (Å²) in [7, 11) is 1.88. The molecule has 1 aromatic heterocycles. The molecule has 0 fully saturated rings. The van der Waals surface area contributed by atoms with Crippen LogP contribution in [0.15, 0.2) is 12.3 Å². The molecule has 1 aromatic rings. The van der Waals surface area contributed by atoms with E-state index in [1.54, 1.807) is 6.20 Å². The fourth-order valence-corrected chi connectivity index (χ4v) is 1.26. The predicted molar refractivity (Wildman–Crippen MR) is 68.1 cm³/mol. The van der Waals surface area contributed by atoms with Crippen LogP contribution in [0.5, 0.6) is 0 Å². The molecule has 0 bridgehead atoms. The van der Waals surface area contributed by atoms with Crippen LogP contribution in [0.2, 0.25) is 0 Å². The van der Waals surface area contributed by atoms with Gasteiger partial charge in [-0.25, -0.2) is 4.98 Å². The summed E-state index contributed by atoms with van der Waals surface area (Å²) in [6, 6.07) is 2.06. The number of rotatable bonds is 3. The highest BCUT2D eigenvalue weighted by Crippen LogP contribution is 2.17. The van der Waals surface area contributed by atoms with Crippen molar-refractivity contribution in [1.82, 2.24) is 4.98 Å². The number of nitrogens with zero attached hydrogens (tertiary/aromatic N) is 1. The van der Waals surface area contributed by atoms with Crippen LogP contribution in [-0.2, 0) is 6.42 Å². The van der Waals surface area contributed by atoms with E-state index < -0.39 is 0 Å². The van der Waals surface area contributed by atoms with Crippen LogP contribution >= 0.6 is 0 Å². The molecule has 0 saturated heterocycles. The van der Waals surface area contributed by atoms with E-state index >= 15 is 0 Å². The van der Waals surface area contributed by atoms with Gasteiger partial charge in [-0.2, -0.15) is 0 Å². The van der Waals surface area contributed by atoms with E-state index in [1.807, 2.05) is 20.9 Å². The summed E-state index contributed by atoms with van der Waals surface area (Å²) in [6.45, 7) is 8.34. The third kappa shape index (κ3) is 4.68. The highest BCUT2D eigenvalue weighted by Gasteiger charge is 2.04. The van der Waals surface area contributed by atoms with E-state index in [0.717, 1.165) is 17.7 Å². The minimum atomic E-state index is 0.608. The second-order valence-corrected chi connectivity index (χ2v) is 3.62. The van der Waals surface area contributed by atoms with Crippen molar-refractivity contribution in [1.29, 1.82) is 0 Å². The van der Waals surface area contributed by atoms with E-state index in [9.17, 15) is 0 Å². The number of aromatic nitrogens is 1. The van der Waals surface area contributed by atoms with Crippen LogP contribution < -0.4 is 11.1 Å². The average molecular weight is 209 g/mol. The van der Waals surface area contributed by atoms with E-state index in [4.69, 9.17) is 5.73 Å². The SMILES string of the molecule is CC.CNc1cnc(N)c(CC(C)C)c1. The van der Waals surface area contributed by atoms with Crippen molar-refractivity contribution in [3.05, 3.63) is 17.8 Å². The molecule has 1 heterocycles. The number of anilines is 2. The first kappa shape index (κ1) is 13.8.